The summed E-state index contributed by atoms with van der Waals surface area (Å²) in [5.41, 5.74) is 4.73. The summed E-state index contributed by atoms with van der Waals surface area (Å²) in [7, 11) is 0. The number of nitrogens with two attached hydrogens (primary N) is 1. The molecule has 1 atom stereocenters. The van der Waals surface area contributed by atoms with Gasteiger partial charge in [0.2, 0.25) is 5.91 Å². The Balaban J connectivity index is 3.83. The Morgan fingerprint density at radius 2 is 2.00 bits per heavy atom. The molecular formula is C4H6BrNO2. The number of rotatable bonds is 2. The Kier molecular flexibility index (Phi) is 2.68. The van der Waals surface area contributed by atoms with Crippen LogP contribution in [-0.2, 0) is 9.59 Å². The average Bonchev–Trinajstić information content (AvgIpc) is 1.64. The number of carbonyl (C=O) groups excluding carboxylic acids is 2. The van der Waals surface area contributed by atoms with Crippen molar-refractivity contribution in [2.24, 2.45) is 5.73 Å². The van der Waals surface area contributed by atoms with Crippen molar-refractivity contribution < 1.29 is 9.59 Å². The first kappa shape index (κ1) is 7.62. The van der Waals surface area contributed by atoms with Crippen molar-refractivity contribution in [1.29, 1.82) is 0 Å². The molecule has 0 rings (SSSR count). The van der Waals surface area contributed by atoms with Crippen LogP contribution in [-0.4, -0.2) is 16.5 Å². The largest absolute Gasteiger partial charge is 0.368 e. The van der Waals surface area contributed by atoms with E-state index in [0.717, 1.165) is 0 Å². The molecule has 0 radical (unpaired) electrons. The number of alkyl halides is 1. The van der Waals surface area contributed by atoms with Gasteiger partial charge in [0.15, 0.2) is 10.6 Å². The normalized spacial score (nSPS) is 12.8. The fraction of sp³-hybridized carbons (Fsp3) is 0.500. The van der Waals surface area contributed by atoms with Crippen LogP contribution < -0.4 is 5.73 Å². The molecule has 0 aliphatic carbocycles. The van der Waals surface area contributed by atoms with Crippen molar-refractivity contribution >= 4 is 27.6 Å². The van der Waals surface area contributed by atoms with Crippen molar-refractivity contribution in [1.82, 2.24) is 0 Å². The second kappa shape index (κ2) is 2.81. The predicted octanol–water partition coefficient (Wildman–Crippen LogP) is -0.176. The lowest BCUT2D eigenvalue weighted by Gasteiger charge is -1.95. The predicted molar refractivity (Wildman–Crippen MR) is 32.6 cm³/mol. The molecule has 0 bridgehead atoms. The van der Waals surface area contributed by atoms with Crippen LogP contribution in [0.1, 0.15) is 6.92 Å². The SMILES string of the molecule is CC(=O)C(Br)C(N)=O. The van der Waals surface area contributed by atoms with Gasteiger partial charge < -0.3 is 5.73 Å². The van der Waals surface area contributed by atoms with Gasteiger partial charge in [-0.05, 0) is 6.92 Å². The first-order valence-corrected chi connectivity index (χ1v) is 2.91. The van der Waals surface area contributed by atoms with Crippen LogP contribution in [0.15, 0.2) is 0 Å². The topological polar surface area (TPSA) is 60.2 Å². The highest BCUT2D eigenvalue weighted by atomic mass is 79.9. The highest BCUT2D eigenvalue weighted by Crippen LogP contribution is 1.97. The van der Waals surface area contributed by atoms with Crippen LogP contribution in [0.4, 0.5) is 0 Å². The third-order valence-corrected chi connectivity index (χ3v) is 1.70. The monoisotopic (exact) mass is 179 g/mol. The van der Waals surface area contributed by atoms with E-state index in [0.29, 0.717) is 0 Å². The Morgan fingerprint density at radius 3 is 2.00 bits per heavy atom. The summed E-state index contributed by atoms with van der Waals surface area (Å²) in [5.74, 6) is -0.907. The van der Waals surface area contributed by atoms with E-state index in [1.54, 1.807) is 0 Å². The quantitative estimate of drug-likeness (QED) is 0.473. The maximum absolute atomic E-state index is 10.2. The number of hydrogen-bond acceptors (Lipinski definition) is 2. The summed E-state index contributed by atoms with van der Waals surface area (Å²) in [5, 5.41) is 0. The third-order valence-electron chi connectivity index (χ3n) is 0.607. The molecule has 0 aromatic heterocycles. The van der Waals surface area contributed by atoms with E-state index in [-0.39, 0.29) is 5.78 Å². The minimum atomic E-state index is -0.817. The smallest absolute Gasteiger partial charge is 0.238 e. The molecule has 1 amide bonds. The van der Waals surface area contributed by atoms with E-state index < -0.39 is 10.7 Å². The lowest BCUT2D eigenvalue weighted by atomic mass is 10.3. The molecule has 2 N–H and O–H groups in total. The van der Waals surface area contributed by atoms with Gasteiger partial charge in [0.1, 0.15) is 0 Å². The number of carbonyl (C=O) groups is 2. The molecule has 0 aromatic rings. The number of primary amides is 1. The van der Waals surface area contributed by atoms with Gasteiger partial charge >= 0.3 is 0 Å². The van der Waals surface area contributed by atoms with Gasteiger partial charge in [-0.2, -0.15) is 0 Å². The van der Waals surface area contributed by atoms with Crippen LogP contribution >= 0.6 is 15.9 Å². The van der Waals surface area contributed by atoms with Gasteiger partial charge in [-0.1, -0.05) is 15.9 Å². The van der Waals surface area contributed by atoms with Crippen molar-refractivity contribution in [3.63, 3.8) is 0 Å². The lowest BCUT2D eigenvalue weighted by Crippen LogP contribution is -2.28. The summed E-state index contributed by atoms with van der Waals surface area (Å²) in [6.07, 6.45) is 0. The highest BCUT2D eigenvalue weighted by Gasteiger charge is 2.14. The first-order valence-electron chi connectivity index (χ1n) is 1.99. The van der Waals surface area contributed by atoms with Crippen LogP contribution in [0.2, 0.25) is 0 Å². The summed E-state index contributed by atoms with van der Waals surface area (Å²) < 4.78 is 0. The van der Waals surface area contributed by atoms with Crippen LogP contribution in [0.3, 0.4) is 0 Å². The van der Waals surface area contributed by atoms with Gasteiger partial charge in [-0.15, -0.1) is 0 Å². The van der Waals surface area contributed by atoms with Crippen LogP contribution in [0.5, 0.6) is 0 Å². The second-order valence-electron chi connectivity index (χ2n) is 1.38. The molecule has 0 heterocycles. The minimum absolute atomic E-state index is 0.266. The van der Waals surface area contributed by atoms with E-state index in [4.69, 9.17) is 5.73 Å². The first-order chi connectivity index (χ1) is 3.55. The summed E-state index contributed by atoms with van der Waals surface area (Å²) in [4.78, 5) is 19.5. The van der Waals surface area contributed by atoms with Crippen molar-refractivity contribution in [2.75, 3.05) is 0 Å². The van der Waals surface area contributed by atoms with Gasteiger partial charge in [-0.3, -0.25) is 9.59 Å². The Hall–Kier alpha value is -0.380. The number of Topliss-reactive ketones (excluding diaryl/α,β-unsaturated/α-hetero) is 1. The fourth-order valence-electron chi connectivity index (χ4n) is 0.200. The third kappa shape index (κ3) is 2.07. The molecule has 1 unspecified atom stereocenters. The number of amides is 1. The van der Waals surface area contributed by atoms with Gasteiger partial charge in [0.05, 0.1) is 0 Å². The molecule has 3 nitrogen and oxygen atoms in total. The van der Waals surface area contributed by atoms with E-state index >= 15 is 0 Å². The fourth-order valence-corrected chi connectivity index (χ4v) is 0.200. The van der Waals surface area contributed by atoms with Gasteiger partial charge in [0, 0.05) is 0 Å². The molecule has 8 heavy (non-hydrogen) atoms. The highest BCUT2D eigenvalue weighted by molar-refractivity contribution is 9.10. The summed E-state index contributed by atoms with van der Waals surface area (Å²) in [6, 6.07) is 0. The number of halogens is 1. The molecule has 0 aromatic carbocycles. The zero-order chi connectivity index (χ0) is 6.73. The maximum atomic E-state index is 10.2. The minimum Gasteiger partial charge on any atom is -0.368 e. The molecular weight excluding hydrogens is 174 g/mol. The van der Waals surface area contributed by atoms with Crippen LogP contribution in [0.25, 0.3) is 0 Å². The average molecular weight is 180 g/mol. The standard InChI is InChI=1S/C4H6BrNO2/c1-2(7)3(5)4(6)8/h3H,1H3,(H2,6,8). The van der Waals surface area contributed by atoms with E-state index in [9.17, 15) is 9.59 Å². The zero-order valence-corrected chi connectivity index (χ0v) is 5.94. The second-order valence-corrected chi connectivity index (χ2v) is 2.29. The van der Waals surface area contributed by atoms with E-state index in [2.05, 4.69) is 15.9 Å². The zero-order valence-electron chi connectivity index (χ0n) is 4.35. The van der Waals surface area contributed by atoms with Gasteiger partial charge in [0.25, 0.3) is 0 Å². The molecule has 0 saturated carbocycles. The van der Waals surface area contributed by atoms with Crippen LogP contribution in [0, 0.1) is 0 Å². The molecule has 46 valence electrons. The maximum Gasteiger partial charge on any atom is 0.238 e. The van der Waals surface area contributed by atoms with E-state index in [1.807, 2.05) is 0 Å². The van der Waals surface area contributed by atoms with Crippen molar-refractivity contribution in [2.45, 2.75) is 11.8 Å². The van der Waals surface area contributed by atoms with Crippen molar-refractivity contribution in [3.05, 3.63) is 0 Å². The van der Waals surface area contributed by atoms with Gasteiger partial charge in [-0.25, -0.2) is 0 Å². The summed E-state index contributed by atoms with van der Waals surface area (Å²) in [6.45, 7) is 1.30. The Labute approximate surface area is 55.4 Å². The summed E-state index contributed by atoms with van der Waals surface area (Å²) >= 11 is 2.78. The molecule has 0 spiro atoms. The Morgan fingerprint density at radius 1 is 1.62 bits per heavy atom. The van der Waals surface area contributed by atoms with Crippen molar-refractivity contribution in [3.8, 4) is 0 Å². The molecule has 0 fully saturated rings. The molecule has 4 heteroatoms. The number of hydrogen-bond donors (Lipinski definition) is 1. The molecule has 0 aliphatic rings. The number of ketones is 1. The molecule has 0 saturated heterocycles. The Bertz CT molecular complexity index is 109. The lowest BCUT2D eigenvalue weighted by molar-refractivity contribution is -0.124. The molecule has 0 aliphatic heterocycles. The van der Waals surface area contributed by atoms with E-state index in [1.165, 1.54) is 6.92 Å².